The average molecular weight is 271 g/mol. The highest BCUT2D eigenvalue weighted by Crippen LogP contribution is 2.39. The van der Waals surface area contributed by atoms with E-state index in [9.17, 15) is 22.4 Å². The van der Waals surface area contributed by atoms with E-state index in [-0.39, 0.29) is 5.02 Å². The van der Waals surface area contributed by atoms with E-state index in [1.807, 2.05) is 0 Å². The summed E-state index contributed by atoms with van der Waals surface area (Å²) in [6.45, 7) is 0. The molecule has 0 aliphatic carbocycles. The van der Waals surface area contributed by atoms with Crippen LogP contribution in [0.1, 0.15) is 17.9 Å². The van der Waals surface area contributed by atoms with Crippen molar-refractivity contribution in [1.82, 2.24) is 0 Å². The fourth-order valence-electron chi connectivity index (χ4n) is 1.36. The van der Waals surface area contributed by atoms with Crippen LogP contribution in [-0.4, -0.2) is 17.3 Å². The van der Waals surface area contributed by atoms with Crippen LogP contribution >= 0.6 is 11.6 Å². The van der Waals surface area contributed by atoms with Crippen molar-refractivity contribution in [2.45, 2.75) is 18.5 Å². The van der Waals surface area contributed by atoms with Gasteiger partial charge in [0, 0.05) is 10.6 Å². The molecule has 1 aromatic carbocycles. The van der Waals surface area contributed by atoms with Gasteiger partial charge in [0.15, 0.2) is 0 Å². The lowest BCUT2D eigenvalue weighted by Crippen LogP contribution is -2.24. The molecule has 0 aliphatic rings. The van der Waals surface area contributed by atoms with Crippen molar-refractivity contribution in [2.24, 2.45) is 0 Å². The lowest BCUT2D eigenvalue weighted by Gasteiger charge is -2.19. The summed E-state index contributed by atoms with van der Waals surface area (Å²) in [6, 6.07) is 2.66. The number of hydrogen-bond donors (Lipinski definition) is 1. The molecule has 0 saturated carbocycles. The van der Waals surface area contributed by atoms with Crippen LogP contribution in [0, 0.1) is 5.82 Å². The van der Waals surface area contributed by atoms with Gasteiger partial charge < -0.3 is 5.11 Å². The predicted molar refractivity (Wildman–Crippen MR) is 52.5 cm³/mol. The highest BCUT2D eigenvalue weighted by Gasteiger charge is 2.43. The number of rotatable bonds is 3. The molecule has 7 heteroatoms. The molecule has 0 saturated heterocycles. The Kier molecular flexibility index (Phi) is 3.98. The average Bonchev–Trinajstić information content (AvgIpc) is 2.16. The Morgan fingerprint density at radius 1 is 1.41 bits per heavy atom. The van der Waals surface area contributed by atoms with Crippen molar-refractivity contribution >= 4 is 17.6 Å². The lowest BCUT2D eigenvalue weighted by atomic mass is 9.94. The Balaban J connectivity index is 3.21. The molecule has 1 atom stereocenters. The second kappa shape index (κ2) is 4.91. The van der Waals surface area contributed by atoms with E-state index in [0.717, 1.165) is 18.2 Å². The molecule has 0 bridgehead atoms. The van der Waals surface area contributed by atoms with Gasteiger partial charge in [0.1, 0.15) is 5.82 Å². The first kappa shape index (κ1) is 13.8. The molecule has 0 radical (unpaired) electrons. The van der Waals surface area contributed by atoms with Crippen LogP contribution in [0.3, 0.4) is 0 Å². The molecule has 94 valence electrons. The van der Waals surface area contributed by atoms with Gasteiger partial charge >= 0.3 is 12.1 Å². The first-order chi connectivity index (χ1) is 7.71. The molecular formula is C10H7ClF4O2. The molecule has 0 aliphatic heterocycles. The third kappa shape index (κ3) is 3.59. The van der Waals surface area contributed by atoms with E-state index < -0.39 is 35.9 Å². The van der Waals surface area contributed by atoms with E-state index >= 15 is 0 Å². The Morgan fingerprint density at radius 3 is 2.47 bits per heavy atom. The lowest BCUT2D eigenvalue weighted by molar-refractivity contribution is -0.163. The van der Waals surface area contributed by atoms with Crippen LogP contribution < -0.4 is 0 Å². The number of aliphatic carboxylic acids is 1. The third-order valence-electron chi connectivity index (χ3n) is 2.11. The van der Waals surface area contributed by atoms with Gasteiger partial charge in [0.2, 0.25) is 0 Å². The van der Waals surface area contributed by atoms with Crippen LogP contribution in [0.2, 0.25) is 5.02 Å². The van der Waals surface area contributed by atoms with Gasteiger partial charge in [-0.15, -0.1) is 0 Å². The van der Waals surface area contributed by atoms with E-state index in [2.05, 4.69) is 0 Å². The SMILES string of the molecule is O=C(O)CC(c1cc(Cl)ccc1F)C(F)(F)F. The Bertz CT molecular complexity index is 431. The summed E-state index contributed by atoms with van der Waals surface area (Å²) in [7, 11) is 0. The van der Waals surface area contributed by atoms with Crippen molar-refractivity contribution in [2.75, 3.05) is 0 Å². The minimum atomic E-state index is -4.84. The van der Waals surface area contributed by atoms with Crippen molar-refractivity contribution in [3.8, 4) is 0 Å². The molecule has 1 aromatic rings. The van der Waals surface area contributed by atoms with E-state index in [0.29, 0.717) is 0 Å². The van der Waals surface area contributed by atoms with Gasteiger partial charge in [-0.3, -0.25) is 4.79 Å². The summed E-state index contributed by atoms with van der Waals surface area (Å²) in [5.41, 5.74) is -0.757. The molecule has 0 spiro atoms. The van der Waals surface area contributed by atoms with Gasteiger partial charge in [-0.2, -0.15) is 13.2 Å². The zero-order valence-electron chi connectivity index (χ0n) is 8.26. The van der Waals surface area contributed by atoms with Crippen LogP contribution in [0.5, 0.6) is 0 Å². The molecule has 2 nitrogen and oxygen atoms in total. The van der Waals surface area contributed by atoms with E-state index in [4.69, 9.17) is 16.7 Å². The predicted octanol–water partition coefficient (Wildman–Crippen LogP) is 3.60. The van der Waals surface area contributed by atoms with E-state index in [1.165, 1.54) is 0 Å². The molecular weight excluding hydrogens is 264 g/mol. The van der Waals surface area contributed by atoms with Crippen LogP contribution in [0.25, 0.3) is 0 Å². The Morgan fingerprint density at radius 2 is 2.00 bits per heavy atom. The molecule has 0 aromatic heterocycles. The fourth-order valence-corrected chi connectivity index (χ4v) is 1.54. The van der Waals surface area contributed by atoms with Crippen LogP contribution in [0.4, 0.5) is 17.6 Å². The number of hydrogen-bond acceptors (Lipinski definition) is 1. The topological polar surface area (TPSA) is 37.3 Å². The Labute approximate surface area is 98.8 Å². The normalized spacial score (nSPS) is 13.5. The van der Waals surface area contributed by atoms with Gasteiger partial charge in [-0.25, -0.2) is 4.39 Å². The quantitative estimate of drug-likeness (QED) is 0.852. The summed E-state index contributed by atoms with van der Waals surface area (Å²) in [6.07, 6.45) is -6.08. The molecule has 1 N–H and O–H groups in total. The van der Waals surface area contributed by atoms with Crippen molar-refractivity contribution in [3.05, 3.63) is 34.6 Å². The first-order valence-electron chi connectivity index (χ1n) is 4.45. The molecule has 1 rings (SSSR count). The minimum absolute atomic E-state index is 0.0824. The number of carbonyl (C=O) groups is 1. The minimum Gasteiger partial charge on any atom is -0.481 e. The summed E-state index contributed by atoms with van der Waals surface area (Å²) in [4.78, 5) is 10.4. The molecule has 0 fully saturated rings. The van der Waals surface area contributed by atoms with Crippen molar-refractivity contribution in [1.29, 1.82) is 0 Å². The zero-order chi connectivity index (χ0) is 13.2. The monoisotopic (exact) mass is 270 g/mol. The number of alkyl halides is 3. The second-order valence-electron chi connectivity index (χ2n) is 3.36. The molecule has 17 heavy (non-hydrogen) atoms. The van der Waals surface area contributed by atoms with Crippen molar-refractivity contribution in [3.63, 3.8) is 0 Å². The third-order valence-corrected chi connectivity index (χ3v) is 2.34. The molecule has 1 unspecified atom stereocenters. The maximum absolute atomic E-state index is 13.2. The van der Waals surface area contributed by atoms with Gasteiger partial charge in [0.05, 0.1) is 12.3 Å². The van der Waals surface area contributed by atoms with Gasteiger partial charge in [-0.05, 0) is 18.2 Å². The molecule has 0 heterocycles. The summed E-state index contributed by atoms with van der Waals surface area (Å²) in [5.74, 6) is -5.19. The summed E-state index contributed by atoms with van der Waals surface area (Å²) < 4.78 is 51.1. The van der Waals surface area contributed by atoms with Crippen molar-refractivity contribution < 1.29 is 27.5 Å². The van der Waals surface area contributed by atoms with Crippen LogP contribution in [-0.2, 0) is 4.79 Å². The number of carboxylic acids is 1. The smallest absolute Gasteiger partial charge is 0.396 e. The highest BCUT2D eigenvalue weighted by molar-refractivity contribution is 6.30. The number of benzene rings is 1. The number of halogens is 5. The van der Waals surface area contributed by atoms with Crippen LogP contribution in [0.15, 0.2) is 18.2 Å². The molecule has 0 amide bonds. The number of carboxylic acid groups (broad SMARTS) is 1. The van der Waals surface area contributed by atoms with Gasteiger partial charge in [-0.1, -0.05) is 11.6 Å². The zero-order valence-corrected chi connectivity index (χ0v) is 9.02. The maximum Gasteiger partial charge on any atom is 0.396 e. The standard InChI is InChI=1S/C10H7ClF4O2/c11-5-1-2-8(12)6(3-5)7(4-9(16)17)10(13,14)15/h1-3,7H,4H2,(H,16,17). The first-order valence-corrected chi connectivity index (χ1v) is 4.83. The second-order valence-corrected chi connectivity index (χ2v) is 3.79. The maximum atomic E-state index is 13.2. The highest BCUT2D eigenvalue weighted by atomic mass is 35.5. The van der Waals surface area contributed by atoms with Gasteiger partial charge in [0.25, 0.3) is 0 Å². The fraction of sp³-hybridized carbons (Fsp3) is 0.300. The van der Waals surface area contributed by atoms with E-state index in [1.54, 1.807) is 0 Å². The Hall–Kier alpha value is -1.30. The summed E-state index contributed by atoms with van der Waals surface area (Å²) in [5, 5.41) is 8.33. The summed E-state index contributed by atoms with van der Waals surface area (Å²) >= 11 is 5.47. The largest absolute Gasteiger partial charge is 0.481 e.